The second-order valence-corrected chi connectivity index (χ2v) is 7.17. The van der Waals surface area contributed by atoms with E-state index in [1.165, 1.54) is 18.3 Å². The summed E-state index contributed by atoms with van der Waals surface area (Å²) in [6.45, 7) is 3.10. The van der Waals surface area contributed by atoms with Crippen molar-refractivity contribution in [3.05, 3.63) is 35.5 Å². The molecule has 160 valence electrons. The van der Waals surface area contributed by atoms with Gasteiger partial charge in [0.2, 0.25) is 0 Å². The SMILES string of the molecule is CC(F)(F)[C@@H]1OC(=O)Nc2nccc(-c3cc(C(F)F)cc(N4CCNCC4)n3)c21. The monoisotopic (exact) mass is 425 g/mol. The van der Waals surface area contributed by atoms with Gasteiger partial charge in [0.1, 0.15) is 11.6 Å². The van der Waals surface area contributed by atoms with Gasteiger partial charge in [-0.15, -0.1) is 0 Å². The molecule has 0 aromatic carbocycles. The molecule has 2 aromatic heterocycles. The topological polar surface area (TPSA) is 79.4 Å². The lowest BCUT2D eigenvalue weighted by molar-refractivity contribution is -0.0984. The molecule has 1 saturated heterocycles. The van der Waals surface area contributed by atoms with Crippen molar-refractivity contribution in [2.75, 3.05) is 36.4 Å². The lowest BCUT2D eigenvalue weighted by Gasteiger charge is -2.31. The van der Waals surface area contributed by atoms with Crippen LogP contribution in [0.25, 0.3) is 11.3 Å². The molecule has 4 rings (SSSR count). The van der Waals surface area contributed by atoms with Gasteiger partial charge in [-0.2, -0.15) is 0 Å². The van der Waals surface area contributed by atoms with Crippen LogP contribution in [-0.2, 0) is 4.74 Å². The highest BCUT2D eigenvalue weighted by atomic mass is 19.3. The van der Waals surface area contributed by atoms with Crippen LogP contribution in [0.3, 0.4) is 0 Å². The van der Waals surface area contributed by atoms with Gasteiger partial charge in [0.15, 0.2) is 6.10 Å². The molecule has 4 heterocycles. The van der Waals surface area contributed by atoms with Crippen molar-refractivity contribution < 1.29 is 27.1 Å². The van der Waals surface area contributed by atoms with E-state index in [1.54, 1.807) is 0 Å². The van der Waals surface area contributed by atoms with E-state index in [9.17, 15) is 22.4 Å². The summed E-state index contributed by atoms with van der Waals surface area (Å²) in [5.41, 5.74) is -0.158. The lowest BCUT2D eigenvalue weighted by atomic mass is 9.95. The van der Waals surface area contributed by atoms with Gasteiger partial charge in [-0.1, -0.05) is 0 Å². The molecule has 2 aliphatic rings. The zero-order valence-electron chi connectivity index (χ0n) is 16.0. The standard InChI is InChI=1S/C19H19F4N5O2/c1-19(22,23)15-14-11(2-3-25-17(14)27-18(29)30-15)12-8-10(16(20)21)9-13(26-12)28-6-4-24-5-7-28/h2-3,8-9,15-16,24H,4-7H2,1H3,(H,25,27,29)/t15-/m1/s1. The zero-order valence-corrected chi connectivity index (χ0v) is 16.0. The molecule has 0 unspecified atom stereocenters. The number of carbonyl (C=O) groups is 1. The third-order valence-corrected chi connectivity index (χ3v) is 4.96. The van der Waals surface area contributed by atoms with E-state index in [2.05, 4.69) is 20.6 Å². The summed E-state index contributed by atoms with van der Waals surface area (Å²) in [5.74, 6) is -3.20. The largest absolute Gasteiger partial charge is 0.434 e. The maximum absolute atomic E-state index is 14.2. The number of halogens is 4. The van der Waals surface area contributed by atoms with Crippen LogP contribution in [0, 0.1) is 0 Å². The van der Waals surface area contributed by atoms with Crippen molar-refractivity contribution >= 4 is 17.7 Å². The fourth-order valence-corrected chi connectivity index (χ4v) is 3.57. The highest BCUT2D eigenvalue weighted by molar-refractivity contribution is 5.89. The summed E-state index contributed by atoms with van der Waals surface area (Å²) in [6, 6.07) is 3.86. The molecule has 0 bridgehead atoms. The molecule has 7 nitrogen and oxygen atoms in total. The van der Waals surface area contributed by atoms with Gasteiger partial charge in [-0.25, -0.2) is 32.3 Å². The minimum Gasteiger partial charge on any atom is -0.434 e. The van der Waals surface area contributed by atoms with Gasteiger partial charge in [0.05, 0.1) is 11.3 Å². The van der Waals surface area contributed by atoms with Crippen molar-refractivity contribution in [2.24, 2.45) is 0 Å². The third-order valence-electron chi connectivity index (χ3n) is 4.96. The molecule has 2 aliphatic heterocycles. The second kappa shape index (κ2) is 7.71. The van der Waals surface area contributed by atoms with Crippen molar-refractivity contribution in [1.82, 2.24) is 15.3 Å². The summed E-state index contributed by atoms with van der Waals surface area (Å²) >= 11 is 0. The Morgan fingerprint density at radius 3 is 2.67 bits per heavy atom. The number of pyridine rings is 2. The number of nitrogens with one attached hydrogen (secondary N) is 2. The Morgan fingerprint density at radius 2 is 2.00 bits per heavy atom. The number of fused-ring (bicyclic) bond motifs is 1. The highest BCUT2D eigenvalue weighted by Crippen LogP contribution is 2.44. The summed E-state index contributed by atoms with van der Waals surface area (Å²) in [5, 5.41) is 5.46. The second-order valence-electron chi connectivity index (χ2n) is 7.17. The fourth-order valence-electron chi connectivity index (χ4n) is 3.57. The maximum Gasteiger partial charge on any atom is 0.413 e. The molecule has 0 spiro atoms. The minimum atomic E-state index is -3.42. The lowest BCUT2D eigenvalue weighted by Crippen LogP contribution is -2.44. The average molecular weight is 425 g/mol. The van der Waals surface area contributed by atoms with Crippen molar-refractivity contribution in [3.8, 4) is 11.3 Å². The summed E-state index contributed by atoms with van der Waals surface area (Å²) in [6.07, 6.45) is -4.46. The van der Waals surface area contributed by atoms with E-state index < -0.39 is 24.5 Å². The smallest absolute Gasteiger partial charge is 0.413 e. The van der Waals surface area contributed by atoms with Crippen LogP contribution in [0.5, 0.6) is 0 Å². The van der Waals surface area contributed by atoms with Gasteiger partial charge < -0.3 is 15.0 Å². The Morgan fingerprint density at radius 1 is 1.27 bits per heavy atom. The van der Waals surface area contributed by atoms with Crippen LogP contribution in [-0.4, -0.2) is 48.2 Å². The number of aromatic nitrogens is 2. The molecule has 0 radical (unpaired) electrons. The molecule has 30 heavy (non-hydrogen) atoms. The number of hydrogen-bond acceptors (Lipinski definition) is 6. The molecule has 1 amide bonds. The number of hydrogen-bond donors (Lipinski definition) is 2. The predicted molar refractivity (Wildman–Crippen MR) is 101 cm³/mol. The van der Waals surface area contributed by atoms with Crippen LogP contribution in [0.4, 0.5) is 34.0 Å². The molecule has 1 atom stereocenters. The molecule has 2 N–H and O–H groups in total. The Balaban J connectivity index is 1.87. The number of cyclic esters (lactones) is 1. The van der Waals surface area contributed by atoms with Crippen LogP contribution < -0.4 is 15.5 Å². The first-order valence-electron chi connectivity index (χ1n) is 9.34. The number of rotatable bonds is 4. The van der Waals surface area contributed by atoms with E-state index in [0.29, 0.717) is 38.9 Å². The van der Waals surface area contributed by atoms with E-state index in [1.807, 2.05) is 4.90 Å². The molecule has 11 heteroatoms. The minimum absolute atomic E-state index is 0.0778. The molecule has 0 saturated carbocycles. The molecular weight excluding hydrogens is 406 g/mol. The number of ether oxygens (including phenoxy) is 1. The van der Waals surface area contributed by atoms with Gasteiger partial charge >= 0.3 is 6.09 Å². The van der Waals surface area contributed by atoms with Crippen LogP contribution >= 0.6 is 0 Å². The molecule has 0 aliphatic carbocycles. The van der Waals surface area contributed by atoms with Gasteiger partial charge in [0.25, 0.3) is 12.3 Å². The number of alkyl halides is 4. The number of amides is 1. The number of nitrogens with zero attached hydrogens (tertiary/aromatic N) is 3. The normalized spacial score (nSPS) is 19.3. The Labute approximate surface area is 169 Å². The Bertz CT molecular complexity index is 960. The van der Waals surface area contributed by atoms with Gasteiger partial charge in [-0.3, -0.25) is 5.32 Å². The van der Waals surface area contributed by atoms with Crippen LogP contribution in [0.1, 0.15) is 30.6 Å². The van der Waals surface area contributed by atoms with Crippen molar-refractivity contribution in [1.29, 1.82) is 0 Å². The predicted octanol–water partition coefficient (Wildman–Crippen LogP) is 3.75. The first-order valence-corrected chi connectivity index (χ1v) is 9.34. The van der Waals surface area contributed by atoms with Gasteiger partial charge in [0, 0.05) is 50.4 Å². The van der Waals surface area contributed by atoms with Gasteiger partial charge in [-0.05, 0) is 18.2 Å². The number of piperazine rings is 1. The summed E-state index contributed by atoms with van der Waals surface area (Å²) < 4.78 is 60.5. The average Bonchev–Trinajstić information content (AvgIpc) is 2.72. The van der Waals surface area contributed by atoms with E-state index in [-0.39, 0.29) is 28.2 Å². The number of anilines is 2. The highest BCUT2D eigenvalue weighted by Gasteiger charge is 2.45. The fraction of sp³-hybridized carbons (Fsp3) is 0.421. The third kappa shape index (κ3) is 3.89. The van der Waals surface area contributed by atoms with E-state index in [4.69, 9.17) is 4.74 Å². The molecule has 1 fully saturated rings. The summed E-state index contributed by atoms with van der Waals surface area (Å²) in [7, 11) is 0. The maximum atomic E-state index is 14.2. The molecule has 2 aromatic rings. The van der Waals surface area contributed by atoms with Crippen LogP contribution in [0.2, 0.25) is 0 Å². The van der Waals surface area contributed by atoms with Crippen molar-refractivity contribution in [3.63, 3.8) is 0 Å². The van der Waals surface area contributed by atoms with Crippen molar-refractivity contribution in [2.45, 2.75) is 25.4 Å². The van der Waals surface area contributed by atoms with E-state index >= 15 is 0 Å². The zero-order chi connectivity index (χ0) is 21.5. The number of carbonyl (C=O) groups excluding carboxylic acids is 1. The van der Waals surface area contributed by atoms with Crippen LogP contribution in [0.15, 0.2) is 24.4 Å². The first-order chi connectivity index (χ1) is 14.2. The molecular formula is C19H19F4N5O2. The first kappa shape index (κ1) is 20.3. The quantitative estimate of drug-likeness (QED) is 0.727. The Kier molecular flexibility index (Phi) is 5.22. The Hall–Kier alpha value is -2.95. The van der Waals surface area contributed by atoms with E-state index in [0.717, 1.165) is 6.07 Å². The summed E-state index contributed by atoms with van der Waals surface area (Å²) in [4.78, 5) is 22.0.